The number of nitrogens with one attached hydrogen (secondary N) is 1. The first-order chi connectivity index (χ1) is 14.7. The van der Waals surface area contributed by atoms with E-state index < -0.39 is 5.97 Å². The SMILES string of the molecule is CCOC(=O)c1sc(NC(=O)c2ccc(-n3cccn3)cc2)nc1-c1ccccc1. The molecule has 0 aliphatic rings. The van der Waals surface area contributed by atoms with Crippen LogP contribution < -0.4 is 5.32 Å². The van der Waals surface area contributed by atoms with Gasteiger partial charge in [0.15, 0.2) is 5.13 Å². The Morgan fingerprint density at radius 3 is 2.50 bits per heavy atom. The van der Waals surface area contributed by atoms with Crippen LogP contribution in [0.15, 0.2) is 73.1 Å². The second-order valence-electron chi connectivity index (χ2n) is 6.23. The van der Waals surface area contributed by atoms with Crippen LogP contribution in [0.5, 0.6) is 0 Å². The number of esters is 1. The zero-order valence-electron chi connectivity index (χ0n) is 16.1. The van der Waals surface area contributed by atoms with Gasteiger partial charge >= 0.3 is 5.97 Å². The van der Waals surface area contributed by atoms with Crippen LogP contribution in [-0.2, 0) is 4.74 Å². The second kappa shape index (κ2) is 8.71. The molecule has 0 unspecified atom stereocenters. The molecular formula is C22H18N4O3S. The van der Waals surface area contributed by atoms with Gasteiger partial charge in [0.1, 0.15) is 4.88 Å². The Bertz CT molecular complexity index is 1150. The average molecular weight is 418 g/mol. The molecule has 2 heterocycles. The summed E-state index contributed by atoms with van der Waals surface area (Å²) in [6.45, 7) is 2.01. The molecule has 1 amide bonds. The molecule has 0 saturated carbocycles. The monoisotopic (exact) mass is 418 g/mol. The van der Waals surface area contributed by atoms with Gasteiger partial charge in [0.25, 0.3) is 5.91 Å². The van der Waals surface area contributed by atoms with Gasteiger partial charge in [0, 0.05) is 23.5 Å². The number of aromatic nitrogens is 3. The minimum atomic E-state index is -0.460. The summed E-state index contributed by atoms with van der Waals surface area (Å²) in [7, 11) is 0. The Morgan fingerprint density at radius 1 is 1.07 bits per heavy atom. The normalized spacial score (nSPS) is 10.6. The molecule has 2 aromatic heterocycles. The number of carbonyl (C=O) groups is 2. The fourth-order valence-electron chi connectivity index (χ4n) is 2.86. The van der Waals surface area contributed by atoms with Crippen LogP contribution in [0.2, 0.25) is 0 Å². The van der Waals surface area contributed by atoms with E-state index in [2.05, 4.69) is 15.4 Å². The Balaban J connectivity index is 1.58. The molecule has 1 N–H and O–H groups in total. The number of benzene rings is 2. The molecule has 0 aliphatic heterocycles. The highest BCUT2D eigenvalue weighted by Crippen LogP contribution is 2.32. The predicted octanol–water partition coefficient (Wildman–Crippen LogP) is 4.42. The number of thiazole rings is 1. The number of anilines is 1. The molecule has 0 atom stereocenters. The van der Waals surface area contributed by atoms with Crippen LogP contribution in [0, 0.1) is 0 Å². The quantitative estimate of drug-likeness (QED) is 0.468. The molecule has 0 saturated heterocycles. The molecule has 0 radical (unpaired) electrons. The number of hydrogen-bond donors (Lipinski definition) is 1. The van der Waals surface area contributed by atoms with Crippen molar-refractivity contribution in [1.29, 1.82) is 0 Å². The molecule has 30 heavy (non-hydrogen) atoms. The summed E-state index contributed by atoms with van der Waals surface area (Å²) in [4.78, 5) is 29.9. The van der Waals surface area contributed by atoms with E-state index in [4.69, 9.17) is 4.74 Å². The maximum atomic E-state index is 12.7. The molecular weight excluding hydrogens is 400 g/mol. The number of amides is 1. The first kappa shape index (κ1) is 19.5. The van der Waals surface area contributed by atoms with Crippen molar-refractivity contribution in [2.75, 3.05) is 11.9 Å². The molecule has 0 spiro atoms. The van der Waals surface area contributed by atoms with Crippen LogP contribution in [-0.4, -0.2) is 33.2 Å². The number of carbonyl (C=O) groups excluding carboxylic acids is 2. The molecule has 4 aromatic rings. The van der Waals surface area contributed by atoms with Gasteiger partial charge in [-0.2, -0.15) is 5.10 Å². The van der Waals surface area contributed by atoms with Gasteiger partial charge in [-0.25, -0.2) is 14.5 Å². The van der Waals surface area contributed by atoms with E-state index in [9.17, 15) is 9.59 Å². The third-order valence-electron chi connectivity index (χ3n) is 4.25. The van der Waals surface area contributed by atoms with Crippen molar-refractivity contribution < 1.29 is 14.3 Å². The van der Waals surface area contributed by atoms with Crippen LogP contribution in [0.25, 0.3) is 16.9 Å². The van der Waals surface area contributed by atoms with Crippen molar-refractivity contribution in [2.45, 2.75) is 6.92 Å². The molecule has 150 valence electrons. The molecule has 4 rings (SSSR count). The smallest absolute Gasteiger partial charge is 0.350 e. The Kier molecular flexibility index (Phi) is 5.67. The summed E-state index contributed by atoms with van der Waals surface area (Å²) in [5.41, 5.74) is 2.59. The van der Waals surface area contributed by atoms with Crippen molar-refractivity contribution in [3.8, 4) is 16.9 Å². The lowest BCUT2D eigenvalue weighted by Crippen LogP contribution is -2.11. The van der Waals surface area contributed by atoms with E-state index >= 15 is 0 Å². The van der Waals surface area contributed by atoms with Crippen LogP contribution in [0.3, 0.4) is 0 Å². The Labute approximate surface area is 177 Å². The van der Waals surface area contributed by atoms with Crippen molar-refractivity contribution in [2.24, 2.45) is 0 Å². The highest BCUT2D eigenvalue weighted by Gasteiger charge is 2.21. The lowest BCUT2D eigenvalue weighted by molar-refractivity contribution is 0.0532. The summed E-state index contributed by atoms with van der Waals surface area (Å²) in [5, 5.41) is 7.28. The van der Waals surface area contributed by atoms with Gasteiger partial charge in [-0.05, 0) is 37.3 Å². The van der Waals surface area contributed by atoms with E-state index in [1.54, 1.807) is 29.9 Å². The van der Waals surface area contributed by atoms with E-state index in [1.165, 1.54) is 0 Å². The lowest BCUT2D eigenvalue weighted by atomic mass is 10.1. The average Bonchev–Trinajstić information content (AvgIpc) is 3.45. The fourth-order valence-corrected chi connectivity index (χ4v) is 3.73. The van der Waals surface area contributed by atoms with E-state index in [1.807, 2.05) is 54.7 Å². The summed E-state index contributed by atoms with van der Waals surface area (Å²) >= 11 is 1.09. The van der Waals surface area contributed by atoms with Gasteiger partial charge in [0.05, 0.1) is 18.0 Å². The number of rotatable bonds is 6. The van der Waals surface area contributed by atoms with Gasteiger partial charge < -0.3 is 4.74 Å². The number of ether oxygens (including phenoxy) is 1. The third kappa shape index (κ3) is 4.13. The summed E-state index contributed by atoms with van der Waals surface area (Å²) < 4.78 is 6.86. The summed E-state index contributed by atoms with van der Waals surface area (Å²) in [6, 6.07) is 18.2. The minimum Gasteiger partial charge on any atom is -0.462 e. The van der Waals surface area contributed by atoms with Crippen molar-refractivity contribution >= 4 is 28.3 Å². The van der Waals surface area contributed by atoms with Gasteiger partial charge in [-0.15, -0.1) is 0 Å². The minimum absolute atomic E-state index is 0.259. The van der Waals surface area contributed by atoms with E-state index in [0.717, 1.165) is 22.6 Å². The zero-order chi connectivity index (χ0) is 20.9. The summed E-state index contributed by atoms with van der Waals surface area (Å²) in [5.74, 6) is -0.774. The maximum absolute atomic E-state index is 12.7. The maximum Gasteiger partial charge on any atom is 0.350 e. The Morgan fingerprint density at radius 2 is 1.83 bits per heavy atom. The highest BCUT2D eigenvalue weighted by molar-refractivity contribution is 7.18. The number of nitrogens with zero attached hydrogens (tertiary/aromatic N) is 3. The largest absolute Gasteiger partial charge is 0.462 e. The fraction of sp³-hybridized carbons (Fsp3) is 0.0909. The number of hydrogen-bond acceptors (Lipinski definition) is 6. The van der Waals surface area contributed by atoms with Crippen molar-refractivity contribution in [3.63, 3.8) is 0 Å². The first-order valence-electron chi connectivity index (χ1n) is 9.30. The molecule has 0 aliphatic carbocycles. The van der Waals surface area contributed by atoms with Crippen molar-refractivity contribution in [3.05, 3.63) is 83.5 Å². The zero-order valence-corrected chi connectivity index (χ0v) is 16.9. The molecule has 0 fully saturated rings. The van der Waals surface area contributed by atoms with Crippen LogP contribution in [0.1, 0.15) is 27.0 Å². The first-order valence-corrected chi connectivity index (χ1v) is 10.1. The molecule has 7 nitrogen and oxygen atoms in total. The van der Waals surface area contributed by atoms with Gasteiger partial charge in [0.2, 0.25) is 0 Å². The topological polar surface area (TPSA) is 86.1 Å². The van der Waals surface area contributed by atoms with Gasteiger partial charge in [-0.1, -0.05) is 41.7 Å². The third-order valence-corrected chi connectivity index (χ3v) is 5.20. The standard InChI is InChI=1S/C22H18N4O3S/c1-2-29-21(28)19-18(15-7-4-3-5-8-15)24-22(30-19)25-20(27)16-9-11-17(12-10-16)26-14-6-13-23-26/h3-14H,2H2,1H3,(H,24,25,27). The second-order valence-corrected chi connectivity index (χ2v) is 7.23. The van der Waals surface area contributed by atoms with Crippen LogP contribution >= 0.6 is 11.3 Å². The van der Waals surface area contributed by atoms with Gasteiger partial charge in [-0.3, -0.25) is 10.1 Å². The Hall–Kier alpha value is -3.78. The molecule has 8 heteroatoms. The summed E-state index contributed by atoms with van der Waals surface area (Å²) in [6.07, 6.45) is 3.52. The predicted molar refractivity (Wildman–Crippen MR) is 115 cm³/mol. The highest BCUT2D eigenvalue weighted by atomic mass is 32.1. The van der Waals surface area contributed by atoms with E-state index in [0.29, 0.717) is 21.3 Å². The van der Waals surface area contributed by atoms with E-state index in [-0.39, 0.29) is 12.5 Å². The van der Waals surface area contributed by atoms with Crippen molar-refractivity contribution in [1.82, 2.24) is 14.8 Å². The molecule has 2 aromatic carbocycles. The van der Waals surface area contributed by atoms with Crippen LogP contribution in [0.4, 0.5) is 5.13 Å². The molecule has 0 bridgehead atoms. The lowest BCUT2D eigenvalue weighted by Gasteiger charge is -2.04.